The standard InChI is InChI=1S/C29H28N4O2S/c1-5-34-24-15-11-21(12-16-24)26-25(28-31-27(32-35-28)22-8-6-7-19(3)17-22)20(4)33(29(36)30-26)23-13-9-18(2)10-14-23/h6-17,26H,5H2,1-4H3,(H,30,36). The molecule has 1 aliphatic rings. The van der Waals surface area contributed by atoms with Crippen LogP contribution in [-0.2, 0) is 0 Å². The average molecular weight is 497 g/mol. The van der Waals surface area contributed by atoms with Crippen LogP contribution >= 0.6 is 12.2 Å². The topological polar surface area (TPSA) is 63.4 Å². The summed E-state index contributed by atoms with van der Waals surface area (Å²) in [6, 6.07) is 24.1. The van der Waals surface area contributed by atoms with Crippen LogP contribution < -0.4 is 15.0 Å². The van der Waals surface area contributed by atoms with Gasteiger partial charge in [-0.2, -0.15) is 4.98 Å². The van der Waals surface area contributed by atoms with Crippen molar-refractivity contribution in [3.05, 3.63) is 101 Å². The normalized spacial score (nSPS) is 15.7. The van der Waals surface area contributed by atoms with Crippen LogP contribution in [0.25, 0.3) is 17.0 Å². The first-order chi connectivity index (χ1) is 17.4. The van der Waals surface area contributed by atoms with Gasteiger partial charge in [-0.25, -0.2) is 0 Å². The van der Waals surface area contributed by atoms with Crippen molar-refractivity contribution in [3.8, 4) is 17.1 Å². The molecule has 1 N–H and O–H groups in total. The Balaban J connectivity index is 1.62. The van der Waals surface area contributed by atoms with Crippen LogP contribution in [0.1, 0.15) is 42.5 Å². The number of hydrogen-bond acceptors (Lipinski definition) is 5. The predicted octanol–water partition coefficient (Wildman–Crippen LogP) is 6.62. The summed E-state index contributed by atoms with van der Waals surface area (Å²) in [6.07, 6.45) is 0. The van der Waals surface area contributed by atoms with E-state index in [0.717, 1.165) is 39.4 Å². The molecule has 6 nitrogen and oxygen atoms in total. The molecule has 1 unspecified atom stereocenters. The number of nitrogens with zero attached hydrogens (tertiary/aromatic N) is 3. The van der Waals surface area contributed by atoms with Crippen LogP contribution in [0.5, 0.6) is 5.75 Å². The predicted molar refractivity (Wildman–Crippen MR) is 147 cm³/mol. The first kappa shape index (κ1) is 23.8. The smallest absolute Gasteiger partial charge is 0.258 e. The summed E-state index contributed by atoms with van der Waals surface area (Å²) in [6.45, 7) is 8.74. The van der Waals surface area contributed by atoms with Crippen molar-refractivity contribution in [2.75, 3.05) is 11.5 Å². The first-order valence-electron chi connectivity index (χ1n) is 12.0. The highest BCUT2D eigenvalue weighted by molar-refractivity contribution is 7.80. The lowest BCUT2D eigenvalue weighted by atomic mass is 9.94. The minimum atomic E-state index is -0.263. The van der Waals surface area contributed by atoms with Crippen LogP contribution in [0.4, 0.5) is 5.69 Å². The molecule has 0 spiro atoms. The molecule has 4 aromatic rings. The number of hydrogen-bond donors (Lipinski definition) is 1. The molecule has 0 bridgehead atoms. The van der Waals surface area contributed by atoms with Crippen LogP contribution in [0, 0.1) is 13.8 Å². The molecule has 36 heavy (non-hydrogen) atoms. The molecule has 0 fully saturated rings. The molecule has 1 aromatic heterocycles. The van der Waals surface area contributed by atoms with Gasteiger partial charge in [0.25, 0.3) is 5.89 Å². The van der Waals surface area contributed by atoms with Gasteiger partial charge in [-0.15, -0.1) is 0 Å². The summed E-state index contributed by atoms with van der Waals surface area (Å²) in [4.78, 5) is 6.83. The Morgan fingerprint density at radius 1 is 0.972 bits per heavy atom. The van der Waals surface area contributed by atoms with Crippen LogP contribution in [-0.4, -0.2) is 21.9 Å². The number of benzene rings is 3. The van der Waals surface area contributed by atoms with Gasteiger partial charge >= 0.3 is 0 Å². The second kappa shape index (κ2) is 9.95. The molecule has 0 radical (unpaired) electrons. The van der Waals surface area contributed by atoms with E-state index in [1.165, 1.54) is 5.56 Å². The summed E-state index contributed by atoms with van der Waals surface area (Å²) in [5, 5.41) is 8.44. The van der Waals surface area contributed by atoms with Gasteiger partial charge < -0.3 is 14.6 Å². The Hall–Kier alpha value is -3.97. The summed E-state index contributed by atoms with van der Waals surface area (Å²) >= 11 is 5.85. The zero-order valence-corrected chi connectivity index (χ0v) is 21.6. The third kappa shape index (κ3) is 4.62. The lowest BCUT2D eigenvalue weighted by molar-refractivity contribution is 0.340. The Morgan fingerprint density at radius 3 is 2.42 bits per heavy atom. The molecule has 182 valence electrons. The van der Waals surface area contributed by atoms with Gasteiger partial charge in [-0.3, -0.25) is 4.90 Å². The van der Waals surface area contributed by atoms with Crippen molar-refractivity contribution < 1.29 is 9.26 Å². The number of ether oxygens (including phenoxy) is 1. The lowest BCUT2D eigenvalue weighted by Crippen LogP contribution is -2.46. The molecule has 5 rings (SSSR count). The highest BCUT2D eigenvalue weighted by Crippen LogP contribution is 2.39. The molecule has 3 aromatic carbocycles. The minimum absolute atomic E-state index is 0.263. The van der Waals surface area contributed by atoms with Gasteiger partial charge in [0.2, 0.25) is 5.82 Å². The third-order valence-corrected chi connectivity index (χ3v) is 6.53. The Kier molecular flexibility index (Phi) is 6.57. The number of aryl methyl sites for hydroxylation is 2. The number of allylic oxidation sites excluding steroid dienone is 1. The summed E-state index contributed by atoms with van der Waals surface area (Å²) in [5.74, 6) is 1.83. The van der Waals surface area contributed by atoms with Crippen LogP contribution in [0.15, 0.2) is 83.0 Å². The average Bonchev–Trinajstić information content (AvgIpc) is 3.35. The van der Waals surface area contributed by atoms with E-state index >= 15 is 0 Å². The van der Waals surface area contributed by atoms with Gasteiger partial charge in [0.05, 0.1) is 18.2 Å². The van der Waals surface area contributed by atoms with E-state index < -0.39 is 0 Å². The van der Waals surface area contributed by atoms with Gasteiger partial charge in [-0.1, -0.05) is 58.7 Å². The number of anilines is 1. The van der Waals surface area contributed by atoms with Crippen molar-refractivity contribution in [3.63, 3.8) is 0 Å². The SMILES string of the molecule is CCOc1ccc(C2NC(=S)N(c3ccc(C)cc3)C(C)=C2c2nc(-c3cccc(C)c3)no2)cc1. The summed E-state index contributed by atoms with van der Waals surface area (Å²) < 4.78 is 11.5. The Labute approximate surface area is 216 Å². The molecule has 1 atom stereocenters. The fourth-order valence-corrected chi connectivity index (χ4v) is 4.79. The lowest BCUT2D eigenvalue weighted by Gasteiger charge is -2.37. The van der Waals surface area contributed by atoms with Crippen molar-refractivity contribution in [2.45, 2.75) is 33.7 Å². The van der Waals surface area contributed by atoms with E-state index in [9.17, 15) is 0 Å². The molecule has 0 saturated heterocycles. The Morgan fingerprint density at radius 2 is 1.72 bits per heavy atom. The maximum atomic E-state index is 5.87. The Bertz CT molecular complexity index is 1420. The molecule has 7 heteroatoms. The van der Waals surface area contributed by atoms with Crippen LogP contribution in [0.3, 0.4) is 0 Å². The zero-order valence-electron chi connectivity index (χ0n) is 20.8. The minimum Gasteiger partial charge on any atom is -0.494 e. The molecule has 0 aliphatic carbocycles. The number of rotatable bonds is 6. The number of nitrogens with one attached hydrogen (secondary N) is 1. The quantitative estimate of drug-likeness (QED) is 0.301. The molecule has 0 saturated carbocycles. The highest BCUT2D eigenvalue weighted by Gasteiger charge is 2.34. The molecule has 0 amide bonds. The number of thiocarbonyl (C=S) groups is 1. The maximum absolute atomic E-state index is 5.87. The van der Waals surface area contributed by atoms with Crippen molar-refractivity contribution >= 4 is 28.6 Å². The van der Waals surface area contributed by atoms with Gasteiger partial charge in [0.15, 0.2) is 5.11 Å². The molecule has 2 heterocycles. The van der Waals surface area contributed by atoms with Crippen molar-refractivity contribution in [2.24, 2.45) is 0 Å². The monoisotopic (exact) mass is 496 g/mol. The van der Waals surface area contributed by atoms with E-state index in [2.05, 4.69) is 41.7 Å². The molecular weight excluding hydrogens is 468 g/mol. The second-order valence-electron chi connectivity index (χ2n) is 8.85. The third-order valence-electron chi connectivity index (χ3n) is 6.23. The first-order valence-corrected chi connectivity index (χ1v) is 12.4. The van der Waals surface area contributed by atoms with Gasteiger partial charge in [0, 0.05) is 16.9 Å². The maximum Gasteiger partial charge on any atom is 0.258 e. The van der Waals surface area contributed by atoms with E-state index in [4.69, 9.17) is 26.5 Å². The van der Waals surface area contributed by atoms with E-state index in [1.807, 2.05) is 74.2 Å². The largest absolute Gasteiger partial charge is 0.494 e. The van der Waals surface area contributed by atoms with E-state index in [1.54, 1.807) is 0 Å². The molecular formula is C29H28N4O2S. The number of aromatic nitrogens is 2. The van der Waals surface area contributed by atoms with Gasteiger partial charge in [-0.05, 0) is 75.8 Å². The van der Waals surface area contributed by atoms with E-state index in [-0.39, 0.29) is 6.04 Å². The van der Waals surface area contributed by atoms with Crippen molar-refractivity contribution in [1.82, 2.24) is 15.5 Å². The second-order valence-corrected chi connectivity index (χ2v) is 9.23. The fourth-order valence-electron chi connectivity index (χ4n) is 4.43. The zero-order chi connectivity index (χ0) is 25.2. The molecule has 1 aliphatic heterocycles. The van der Waals surface area contributed by atoms with E-state index in [0.29, 0.717) is 23.4 Å². The fraction of sp³-hybridized carbons (Fsp3) is 0.207. The highest BCUT2D eigenvalue weighted by atomic mass is 32.1. The summed E-state index contributed by atoms with van der Waals surface area (Å²) in [7, 11) is 0. The van der Waals surface area contributed by atoms with Crippen LogP contribution in [0.2, 0.25) is 0 Å². The van der Waals surface area contributed by atoms with Gasteiger partial charge in [0.1, 0.15) is 5.75 Å². The van der Waals surface area contributed by atoms with Crippen molar-refractivity contribution in [1.29, 1.82) is 0 Å². The summed E-state index contributed by atoms with van der Waals surface area (Å²) in [5.41, 5.74) is 7.03.